The quantitative estimate of drug-likeness (QED) is 0.657. The molecule has 0 aliphatic carbocycles. The summed E-state index contributed by atoms with van der Waals surface area (Å²) >= 11 is 0. The Hall–Kier alpha value is -3.43. The molecule has 1 aliphatic heterocycles. The van der Waals surface area contributed by atoms with Crippen molar-refractivity contribution in [2.75, 3.05) is 23.7 Å². The van der Waals surface area contributed by atoms with E-state index in [0.717, 1.165) is 42.0 Å². The van der Waals surface area contributed by atoms with Crippen LogP contribution in [-0.4, -0.2) is 55.4 Å². The molecule has 1 fully saturated rings. The summed E-state index contributed by atoms with van der Waals surface area (Å²) in [6.07, 6.45) is 4.57. The summed E-state index contributed by atoms with van der Waals surface area (Å²) in [4.78, 5) is 27.4. The zero-order valence-corrected chi connectivity index (χ0v) is 18.3. The monoisotopic (exact) mass is 424 g/mol. The van der Waals surface area contributed by atoms with Gasteiger partial charge in [-0.3, -0.25) is 0 Å². The lowest BCUT2D eigenvalue weighted by molar-refractivity contribution is 0.0500. The lowest BCUT2D eigenvalue weighted by Crippen LogP contribution is -2.49. The van der Waals surface area contributed by atoms with Crippen LogP contribution in [0, 0.1) is 6.92 Å². The molecular formula is C21H28N8O2. The smallest absolute Gasteiger partial charge is 0.407 e. The average molecular weight is 425 g/mol. The second-order valence-electron chi connectivity index (χ2n) is 8.74. The Morgan fingerprint density at radius 3 is 2.87 bits per heavy atom. The van der Waals surface area contributed by atoms with Gasteiger partial charge in [-0.25, -0.2) is 24.3 Å². The Morgan fingerprint density at radius 1 is 1.32 bits per heavy atom. The second-order valence-corrected chi connectivity index (χ2v) is 8.74. The Labute approximate surface area is 180 Å². The topological polar surface area (TPSA) is 124 Å². The number of carbonyl (C=O) groups is 1. The number of nitrogens with zero attached hydrogens (tertiary/aromatic N) is 6. The summed E-state index contributed by atoms with van der Waals surface area (Å²) in [5.41, 5.74) is 8.93. The van der Waals surface area contributed by atoms with Crippen LogP contribution in [0.4, 0.5) is 16.3 Å². The van der Waals surface area contributed by atoms with E-state index in [1.165, 1.54) is 6.33 Å². The number of ether oxygens (including phenoxy) is 1. The van der Waals surface area contributed by atoms with Crippen LogP contribution in [0.25, 0.3) is 16.9 Å². The van der Waals surface area contributed by atoms with Crippen molar-refractivity contribution >= 4 is 23.1 Å². The minimum atomic E-state index is -0.534. The van der Waals surface area contributed by atoms with Crippen molar-refractivity contribution in [2.45, 2.75) is 52.2 Å². The first-order valence-electron chi connectivity index (χ1n) is 10.4. The molecule has 31 heavy (non-hydrogen) atoms. The lowest BCUT2D eigenvalue weighted by Gasteiger charge is -2.34. The Balaban J connectivity index is 1.65. The normalized spacial score (nSPS) is 17.0. The van der Waals surface area contributed by atoms with Crippen LogP contribution >= 0.6 is 0 Å². The van der Waals surface area contributed by atoms with Gasteiger partial charge < -0.3 is 20.7 Å². The fraction of sp³-hybridized carbons (Fsp3) is 0.476. The van der Waals surface area contributed by atoms with Crippen LogP contribution < -0.4 is 16.0 Å². The minimum absolute atomic E-state index is 0.0332. The van der Waals surface area contributed by atoms with E-state index in [2.05, 4.69) is 30.3 Å². The highest BCUT2D eigenvalue weighted by molar-refractivity contribution is 5.88. The van der Waals surface area contributed by atoms with Crippen molar-refractivity contribution in [3.63, 3.8) is 0 Å². The molecular weight excluding hydrogens is 396 g/mol. The first kappa shape index (κ1) is 20.8. The Morgan fingerprint density at radius 2 is 2.13 bits per heavy atom. The van der Waals surface area contributed by atoms with Crippen LogP contribution in [0.5, 0.6) is 0 Å². The Kier molecular flexibility index (Phi) is 5.38. The van der Waals surface area contributed by atoms with E-state index in [-0.39, 0.29) is 6.04 Å². The number of fused-ring (bicyclic) bond motifs is 1. The minimum Gasteiger partial charge on any atom is -0.444 e. The van der Waals surface area contributed by atoms with Crippen LogP contribution in [0.2, 0.25) is 0 Å². The first-order valence-corrected chi connectivity index (χ1v) is 10.4. The van der Waals surface area contributed by atoms with Crippen molar-refractivity contribution in [1.29, 1.82) is 0 Å². The lowest BCUT2D eigenvalue weighted by atomic mass is 10.1. The molecule has 0 unspecified atom stereocenters. The SMILES string of the molecule is Cc1nccc(-c2cc(N3CCC[C@@H](NC(=O)OC(C)(C)C)C3)c3c(N)ncnn23)n1. The van der Waals surface area contributed by atoms with Crippen LogP contribution in [-0.2, 0) is 4.74 Å². The second kappa shape index (κ2) is 8.01. The molecule has 3 aromatic heterocycles. The third-order valence-corrected chi connectivity index (χ3v) is 5.08. The predicted octanol–water partition coefficient (Wildman–Crippen LogP) is 2.57. The van der Waals surface area contributed by atoms with Gasteiger partial charge in [0.25, 0.3) is 0 Å². The number of aryl methyl sites for hydroxylation is 1. The first-order chi connectivity index (χ1) is 14.7. The summed E-state index contributed by atoms with van der Waals surface area (Å²) in [6.45, 7) is 8.88. The van der Waals surface area contributed by atoms with Gasteiger partial charge in [-0.15, -0.1) is 0 Å². The van der Waals surface area contributed by atoms with E-state index >= 15 is 0 Å². The van der Waals surface area contributed by atoms with Gasteiger partial charge in [0, 0.05) is 25.3 Å². The number of aromatic nitrogens is 5. The third-order valence-electron chi connectivity index (χ3n) is 5.08. The summed E-state index contributed by atoms with van der Waals surface area (Å²) in [5, 5.41) is 7.41. The van der Waals surface area contributed by atoms with E-state index in [9.17, 15) is 4.79 Å². The molecule has 1 aliphatic rings. The molecule has 4 rings (SSSR count). The zero-order chi connectivity index (χ0) is 22.2. The number of hydrogen-bond donors (Lipinski definition) is 2. The molecule has 0 radical (unpaired) electrons. The van der Waals surface area contributed by atoms with E-state index in [4.69, 9.17) is 10.5 Å². The van der Waals surface area contributed by atoms with E-state index < -0.39 is 11.7 Å². The van der Waals surface area contributed by atoms with Gasteiger partial charge in [-0.1, -0.05) is 0 Å². The molecule has 10 nitrogen and oxygen atoms in total. The van der Waals surface area contributed by atoms with Crippen LogP contribution in [0.15, 0.2) is 24.7 Å². The molecule has 10 heteroatoms. The summed E-state index contributed by atoms with van der Waals surface area (Å²) < 4.78 is 7.19. The fourth-order valence-electron chi connectivity index (χ4n) is 3.86. The number of nitrogens with two attached hydrogens (primary N) is 1. The van der Waals surface area contributed by atoms with Crippen LogP contribution in [0.3, 0.4) is 0 Å². The van der Waals surface area contributed by atoms with Gasteiger partial charge in [-0.2, -0.15) is 5.10 Å². The molecule has 0 aromatic carbocycles. The number of hydrogen-bond acceptors (Lipinski definition) is 8. The highest BCUT2D eigenvalue weighted by Crippen LogP contribution is 2.34. The standard InChI is InChI=1S/C21H28N8O2/c1-13-23-8-7-15(26-13)16-10-17(18-19(22)24-12-25-29(16)18)28-9-5-6-14(11-28)27-20(30)31-21(2,3)4/h7-8,10,12,14H,5-6,9,11H2,1-4H3,(H,27,30)(H2,22,24,25)/t14-/m1/s1. The van der Waals surface area contributed by atoms with Crippen molar-refractivity contribution in [3.8, 4) is 11.4 Å². The molecule has 4 heterocycles. The van der Waals surface area contributed by atoms with E-state index in [0.29, 0.717) is 18.2 Å². The molecule has 3 aromatic rings. The maximum absolute atomic E-state index is 12.2. The number of rotatable bonds is 3. The van der Waals surface area contributed by atoms with Gasteiger partial charge in [0.05, 0.1) is 17.1 Å². The summed E-state index contributed by atoms with van der Waals surface area (Å²) in [5.74, 6) is 1.07. The molecule has 3 N–H and O–H groups in total. The molecule has 1 amide bonds. The summed E-state index contributed by atoms with van der Waals surface area (Å²) in [6, 6.07) is 3.84. The molecule has 0 bridgehead atoms. The van der Waals surface area contributed by atoms with Crippen molar-refractivity contribution in [2.24, 2.45) is 0 Å². The van der Waals surface area contributed by atoms with Gasteiger partial charge >= 0.3 is 6.09 Å². The van der Waals surface area contributed by atoms with E-state index in [1.54, 1.807) is 10.7 Å². The van der Waals surface area contributed by atoms with Crippen molar-refractivity contribution in [1.82, 2.24) is 29.9 Å². The van der Waals surface area contributed by atoms with E-state index in [1.807, 2.05) is 39.8 Å². The number of nitrogens with one attached hydrogen (secondary N) is 1. The predicted molar refractivity (Wildman–Crippen MR) is 118 cm³/mol. The number of nitrogen functional groups attached to an aromatic ring is 1. The van der Waals surface area contributed by atoms with Gasteiger partial charge in [0.1, 0.15) is 23.3 Å². The third kappa shape index (κ3) is 4.52. The zero-order valence-electron chi connectivity index (χ0n) is 18.3. The molecule has 1 atom stereocenters. The summed E-state index contributed by atoms with van der Waals surface area (Å²) in [7, 11) is 0. The molecule has 164 valence electrons. The number of alkyl carbamates (subject to hydrolysis) is 1. The molecule has 1 saturated heterocycles. The average Bonchev–Trinajstić information content (AvgIpc) is 3.08. The molecule has 0 saturated carbocycles. The number of anilines is 2. The maximum Gasteiger partial charge on any atom is 0.407 e. The number of amides is 1. The largest absolute Gasteiger partial charge is 0.444 e. The fourth-order valence-corrected chi connectivity index (χ4v) is 3.86. The van der Waals surface area contributed by atoms with Gasteiger partial charge in [0.2, 0.25) is 0 Å². The molecule has 0 spiro atoms. The van der Waals surface area contributed by atoms with Crippen LogP contribution in [0.1, 0.15) is 39.4 Å². The highest BCUT2D eigenvalue weighted by atomic mass is 16.6. The number of carbonyl (C=O) groups excluding carboxylic acids is 1. The van der Waals surface area contributed by atoms with Crippen molar-refractivity contribution < 1.29 is 9.53 Å². The maximum atomic E-state index is 12.2. The van der Waals surface area contributed by atoms with Crippen molar-refractivity contribution in [3.05, 3.63) is 30.5 Å². The Bertz CT molecular complexity index is 1100. The number of piperidine rings is 1. The van der Waals surface area contributed by atoms with Gasteiger partial charge in [0.15, 0.2) is 5.82 Å². The van der Waals surface area contributed by atoms with Gasteiger partial charge in [-0.05, 0) is 52.7 Å². The highest BCUT2D eigenvalue weighted by Gasteiger charge is 2.27.